The number of rotatable bonds is 6. The van der Waals surface area contributed by atoms with Gasteiger partial charge < -0.3 is 15.1 Å². The smallest absolute Gasteiger partial charge is 0.317 e. The number of carbonyl (C=O) groups is 2. The third kappa shape index (κ3) is 5.43. The zero-order valence-electron chi connectivity index (χ0n) is 19.5. The SMILES string of the molecule is CCN(CC)S(=O)(=O)c1ccc(C)c(C(=O)N2CCN(C(=O)NC3CCCCC3)CC2)c1. The van der Waals surface area contributed by atoms with E-state index >= 15 is 0 Å². The van der Waals surface area contributed by atoms with E-state index in [0.29, 0.717) is 44.8 Å². The van der Waals surface area contributed by atoms with Crippen LogP contribution in [0.2, 0.25) is 0 Å². The molecular weight excluding hydrogens is 428 g/mol. The lowest BCUT2D eigenvalue weighted by Crippen LogP contribution is -2.54. The number of piperazine rings is 1. The van der Waals surface area contributed by atoms with E-state index in [9.17, 15) is 18.0 Å². The van der Waals surface area contributed by atoms with Gasteiger partial charge in [0.05, 0.1) is 4.90 Å². The van der Waals surface area contributed by atoms with Crippen LogP contribution < -0.4 is 5.32 Å². The van der Waals surface area contributed by atoms with Crippen LogP contribution in [0.15, 0.2) is 23.1 Å². The summed E-state index contributed by atoms with van der Waals surface area (Å²) in [5.74, 6) is -0.188. The van der Waals surface area contributed by atoms with Crippen molar-refractivity contribution < 1.29 is 18.0 Å². The van der Waals surface area contributed by atoms with Crippen molar-refractivity contribution >= 4 is 22.0 Å². The predicted molar refractivity (Wildman–Crippen MR) is 124 cm³/mol. The molecule has 1 aliphatic heterocycles. The van der Waals surface area contributed by atoms with E-state index in [2.05, 4.69) is 5.32 Å². The Balaban J connectivity index is 1.65. The van der Waals surface area contributed by atoms with Gasteiger partial charge in [-0.2, -0.15) is 4.31 Å². The number of urea groups is 1. The molecule has 0 radical (unpaired) electrons. The second-order valence-electron chi connectivity index (χ2n) is 8.63. The molecule has 32 heavy (non-hydrogen) atoms. The van der Waals surface area contributed by atoms with Crippen LogP contribution in [0.1, 0.15) is 61.9 Å². The van der Waals surface area contributed by atoms with Crippen molar-refractivity contribution in [1.82, 2.24) is 19.4 Å². The van der Waals surface area contributed by atoms with Gasteiger partial charge in [0.1, 0.15) is 0 Å². The van der Waals surface area contributed by atoms with Crippen molar-refractivity contribution in [3.05, 3.63) is 29.3 Å². The molecule has 1 N–H and O–H groups in total. The zero-order chi connectivity index (χ0) is 23.3. The van der Waals surface area contributed by atoms with Crippen molar-refractivity contribution in [2.75, 3.05) is 39.3 Å². The summed E-state index contributed by atoms with van der Waals surface area (Å²) in [4.78, 5) is 29.4. The summed E-state index contributed by atoms with van der Waals surface area (Å²) >= 11 is 0. The highest BCUT2D eigenvalue weighted by atomic mass is 32.2. The molecule has 0 atom stereocenters. The summed E-state index contributed by atoms with van der Waals surface area (Å²) in [5, 5.41) is 3.13. The molecule has 8 nitrogen and oxygen atoms in total. The molecule has 3 rings (SSSR count). The first-order valence-corrected chi connectivity index (χ1v) is 13.2. The van der Waals surface area contributed by atoms with Gasteiger partial charge in [-0.25, -0.2) is 13.2 Å². The van der Waals surface area contributed by atoms with E-state index < -0.39 is 10.0 Å². The number of hydrogen-bond acceptors (Lipinski definition) is 4. The minimum Gasteiger partial charge on any atom is -0.335 e. The van der Waals surface area contributed by atoms with Gasteiger partial charge in [0, 0.05) is 50.9 Å². The molecule has 2 aliphatic rings. The lowest BCUT2D eigenvalue weighted by molar-refractivity contribution is 0.0661. The van der Waals surface area contributed by atoms with Gasteiger partial charge in [-0.15, -0.1) is 0 Å². The molecule has 0 bridgehead atoms. The molecule has 1 aromatic rings. The molecule has 1 aliphatic carbocycles. The molecule has 0 aromatic heterocycles. The standard InChI is InChI=1S/C23H36N4O4S/c1-4-27(5-2)32(30,31)20-12-11-18(3)21(17-20)22(28)25-13-15-26(16-14-25)23(29)24-19-9-7-6-8-10-19/h11-12,17,19H,4-10,13-16H2,1-3H3,(H,24,29). The maximum Gasteiger partial charge on any atom is 0.317 e. The Morgan fingerprint density at radius 2 is 1.59 bits per heavy atom. The minimum atomic E-state index is -3.64. The predicted octanol–water partition coefficient (Wildman–Crippen LogP) is 2.83. The number of nitrogens with one attached hydrogen (secondary N) is 1. The normalized spacial score (nSPS) is 18.1. The monoisotopic (exact) mass is 464 g/mol. The van der Waals surface area contributed by atoms with Crippen LogP contribution >= 0.6 is 0 Å². The van der Waals surface area contributed by atoms with Crippen LogP contribution in [0.3, 0.4) is 0 Å². The minimum absolute atomic E-state index is 0.0486. The van der Waals surface area contributed by atoms with Crippen LogP contribution in [-0.2, 0) is 10.0 Å². The molecule has 3 amide bonds. The maximum absolute atomic E-state index is 13.2. The maximum atomic E-state index is 13.2. The average Bonchev–Trinajstić information content (AvgIpc) is 2.80. The number of hydrogen-bond donors (Lipinski definition) is 1. The highest BCUT2D eigenvalue weighted by Crippen LogP contribution is 2.22. The fourth-order valence-electron chi connectivity index (χ4n) is 4.50. The molecule has 1 heterocycles. The van der Waals surface area contributed by atoms with Crippen molar-refractivity contribution in [2.24, 2.45) is 0 Å². The highest BCUT2D eigenvalue weighted by molar-refractivity contribution is 7.89. The summed E-state index contributed by atoms with van der Waals surface area (Å²) in [6, 6.07) is 4.96. The second kappa shape index (κ2) is 10.7. The number of aryl methyl sites for hydroxylation is 1. The molecule has 1 saturated heterocycles. The number of carbonyl (C=O) groups excluding carboxylic acids is 2. The van der Waals surface area contributed by atoms with Crippen LogP contribution in [-0.4, -0.2) is 79.8 Å². The molecule has 9 heteroatoms. The van der Waals surface area contributed by atoms with Gasteiger partial charge in [0.15, 0.2) is 0 Å². The second-order valence-corrected chi connectivity index (χ2v) is 10.6. The first kappa shape index (κ1) is 24.5. The first-order chi connectivity index (χ1) is 15.3. The summed E-state index contributed by atoms with van der Waals surface area (Å²) in [6.45, 7) is 7.97. The lowest BCUT2D eigenvalue weighted by atomic mass is 9.96. The van der Waals surface area contributed by atoms with Crippen LogP contribution in [0.4, 0.5) is 4.79 Å². The molecular formula is C23H36N4O4S. The van der Waals surface area contributed by atoms with Crippen LogP contribution in [0.5, 0.6) is 0 Å². The van der Waals surface area contributed by atoms with Gasteiger partial charge in [-0.3, -0.25) is 4.79 Å². The fourth-order valence-corrected chi connectivity index (χ4v) is 5.99. The Morgan fingerprint density at radius 1 is 1.00 bits per heavy atom. The molecule has 0 spiro atoms. The largest absolute Gasteiger partial charge is 0.335 e. The number of sulfonamides is 1. The van der Waals surface area contributed by atoms with E-state index in [-0.39, 0.29) is 22.9 Å². The number of benzene rings is 1. The fraction of sp³-hybridized carbons (Fsp3) is 0.652. The van der Waals surface area contributed by atoms with Gasteiger partial charge in [0.25, 0.3) is 5.91 Å². The van der Waals surface area contributed by atoms with Crippen molar-refractivity contribution in [3.63, 3.8) is 0 Å². The van der Waals surface area contributed by atoms with Gasteiger partial charge in [-0.1, -0.05) is 39.2 Å². The van der Waals surface area contributed by atoms with E-state index in [1.165, 1.54) is 16.8 Å². The summed E-state index contributed by atoms with van der Waals surface area (Å²) in [6.07, 6.45) is 5.64. The topological polar surface area (TPSA) is 90.0 Å². The van der Waals surface area contributed by atoms with E-state index in [1.54, 1.807) is 35.8 Å². The Morgan fingerprint density at radius 3 is 2.19 bits per heavy atom. The van der Waals surface area contributed by atoms with E-state index in [4.69, 9.17) is 0 Å². The number of nitrogens with zero attached hydrogens (tertiary/aromatic N) is 3. The summed E-state index contributed by atoms with van der Waals surface area (Å²) in [5.41, 5.74) is 1.14. The van der Waals surface area contributed by atoms with Gasteiger partial charge in [-0.05, 0) is 37.5 Å². The Kier molecular flexibility index (Phi) is 8.16. The first-order valence-electron chi connectivity index (χ1n) is 11.7. The Hall–Kier alpha value is -2.13. The zero-order valence-corrected chi connectivity index (χ0v) is 20.3. The lowest BCUT2D eigenvalue weighted by Gasteiger charge is -2.36. The quantitative estimate of drug-likeness (QED) is 0.701. The Bertz CT molecular complexity index is 916. The number of amides is 3. The Labute approximate surface area is 192 Å². The molecule has 2 fully saturated rings. The van der Waals surface area contributed by atoms with Crippen LogP contribution in [0.25, 0.3) is 0 Å². The molecule has 1 saturated carbocycles. The van der Waals surface area contributed by atoms with Crippen LogP contribution in [0, 0.1) is 6.92 Å². The van der Waals surface area contributed by atoms with Gasteiger partial charge in [0.2, 0.25) is 10.0 Å². The third-order valence-electron chi connectivity index (χ3n) is 6.57. The van der Waals surface area contributed by atoms with Crippen molar-refractivity contribution in [3.8, 4) is 0 Å². The average molecular weight is 465 g/mol. The van der Waals surface area contributed by atoms with E-state index in [1.807, 2.05) is 6.92 Å². The summed E-state index contributed by atoms with van der Waals surface area (Å²) in [7, 11) is -3.64. The van der Waals surface area contributed by atoms with Crippen molar-refractivity contribution in [2.45, 2.75) is 63.8 Å². The molecule has 178 valence electrons. The van der Waals surface area contributed by atoms with Crippen molar-refractivity contribution in [1.29, 1.82) is 0 Å². The molecule has 1 aromatic carbocycles. The highest BCUT2D eigenvalue weighted by Gasteiger charge is 2.29. The third-order valence-corrected chi connectivity index (χ3v) is 8.62. The summed E-state index contributed by atoms with van der Waals surface area (Å²) < 4.78 is 27.2. The van der Waals surface area contributed by atoms with Gasteiger partial charge >= 0.3 is 6.03 Å². The molecule has 0 unspecified atom stereocenters. The van der Waals surface area contributed by atoms with E-state index in [0.717, 1.165) is 31.2 Å².